The topological polar surface area (TPSA) is 39.2 Å². The van der Waals surface area contributed by atoms with E-state index in [0.717, 1.165) is 10.7 Å². The van der Waals surface area contributed by atoms with Gasteiger partial charge in [-0.1, -0.05) is 0 Å². The van der Waals surface area contributed by atoms with E-state index in [1.165, 1.54) is 23.9 Å². The summed E-state index contributed by atoms with van der Waals surface area (Å²) in [5.41, 5.74) is 6.30. The summed E-state index contributed by atoms with van der Waals surface area (Å²) in [6.45, 7) is 0. The van der Waals surface area contributed by atoms with Crippen LogP contribution in [0.1, 0.15) is 5.76 Å². The number of anilines is 1. The predicted molar refractivity (Wildman–Crippen MR) is 59.1 cm³/mol. The molecule has 0 aliphatic carbocycles. The first-order chi connectivity index (χ1) is 7.25. The molecule has 0 fully saturated rings. The van der Waals surface area contributed by atoms with Crippen LogP contribution in [0.4, 0.5) is 10.1 Å². The SMILES string of the molecule is Nc1ccc(F)cc1SCc1ccco1. The Labute approximate surface area is 91.3 Å². The summed E-state index contributed by atoms with van der Waals surface area (Å²) in [6, 6.07) is 8.06. The fourth-order valence-corrected chi connectivity index (χ4v) is 2.07. The Balaban J connectivity index is 2.07. The van der Waals surface area contributed by atoms with Gasteiger partial charge in [0, 0.05) is 10.6 Å². The third kappa shape index (κ3) is 2.53. The van der Waals surface area contributed by atoms with Crippen molar-refractivity contribution in [2.24, 2.45) is 0 Å². The van der Waals surface area contributed by atoms with Crippen molar-refractivity contribution >= 4 is 17.4 Å². The predicted octanol–water partition coefficient (Wildman–Crippen LogP) is 3.29. The van der Waals surface area contributed by atoms with E-state index >= 15 is 0 Å². The van der Waals surface area contributed by atoms with E-state index in [-0.39, 0.29) is 5.82 Å². The minimum atomic E-state index is -0.272. The molecule has 2 aromatic rings. The second-order valence-corrected chi connectivity index (χ2v) is 4.07. The van der Waals surface area contributed by atoms with Crippen molar-refractivity contribution in [3.63, 3.8) is 0 Å². The molecule has 78 valence electrons. The zero-order chi connectivity index (χ0) is 10.7. The molecule has 0 atom stereocenters. The van der Waals surface area contributed by atoms with Crippen molar-refractivity contribution < 1.29 is 8.81 Å². The number of furan rings is 1. The van der Waals surface area contributed by atoms with Crippen molar-refractivity contribution in [1.82, 2.24) is 0 Å². The molecule has 1 heterocycles. The maximum atomic E-state index is 12.9. The Bertz CT molecular complexity index is 442. The van der Waals surface area contributed by atoms with E-state index in [0.29, 0.717) is 11.4 Å². The summed E-state index contributed by atoms with van der Waals surface area (Å²) < 4.78 is 18.1. The highest BCUT2D eigenvalue weighted by atomic mass is 32.2. The van der Waals surface area contributed by atoms with Gasteiger partial charge in [0.2, 0.25) is 0 Å². The van der Waals surface area contributed by atoms with Gasteiger partial charge in [-0.2, -0.15) is 0 Å². The Morgan fingerprint density at radius 2 is 2.20 bits per heavy atom. The van der Waals surface area contributed by atoms with Gasteiger partial charge in [0.15, 0.2) is 0 Å². The van der Waals surface area contributed by atoms with Gasteiger partial charge in [0.1, 0.15) is 11.6 Å². The van der Waals surface area contributed by atoms with Crippen LogP contribution in [-0.2, 0) is 5.75 Å². The van der Waals surface area contributed by atoms with Crippen LogP contribution in [0.25, 0.3) is 0 Å². The van der Waals surface area contributed by atoms with Crippen molar-refractivity contribution in [1.29, 1.82) is 0 Å². The summed E-state index contributed by atoms with van der Waals surface area (Å²) in [6.07, 6.45) is 1.62. The van der Waals surface area contributed by atoms with Gasteiger partial charge in [-0.05, 0) is 30.3 Å². The summed E-state index contributed by atoms with van der Waals surface area (Å²) in [4.78, 5) is 0.742. The number of hydrogen-bond donors (Lipinski definition) is 1. The van der Waals surface area contributed by atoms with Crippen LogP contribution < -0.4 is 5.73 Å². The first-order valence-electron chi connectivity index (χ1n) is 4.46. The third-order valence-corrected chi connectivity index (χ3v) is 3.02. The number of hydrogen-bond acceptors (Lipinski definition) is 3. The maximum absolute atomic E-state index is 12.9. The van der Waals surface area contributed by atoms with Gasteiger partial charge in [0.05, 0.1) is 12.0 Å². The molecule has 2 rings (SSSR count). The third-order valence-electron chi connectivity index (χ3n) is 1.93. The molecule has 0 saturated heterocycles. The van der Waals surface area contributed by atoms with Crippen LogP contribution in [0, 0.1) is 5.82 Å². The fourth-order valence-electron chi connectivity index (χ4n) is 1.18. The number of benzene rings is 1. The van der Waals surface area contributed by atoms with Crippen LogP contribution in [0.2, 0.25) is 0 Å². The van der Waals surface area contributed by atoms with Crippen molar-refractivity contribution in [2.45, 2.75) is 10.6 Å². The molecule has 2 N–H and O–H groups in total. The summed E-state index contributed by atoms with van der Waals surface area (Å²) >= 11 is 1.46. The van der Waals surface area contributed by atoms with Gasteiger partial charge in [0.25, 0.3) is 0 Å². The van der Waals surface area contributed by atoms with Crippen LogP contribution in [0.5, 0.6) is 0 Å². The van der Waals surface area contributed by atoms with Gasteiger partial charge in [-0.3, -0.25) is 0 Å². The number of thioether (sulfide) groups is 1. The van der Waals surface area contributed by atoms with Crippen LogP contribution in [-0.4, -0.2) is 0 Å². The van der Waals surface area contributed by atoms with Crippen molar-refractivity contribution in [3.8, 4) is 0 Å². The average molecular weight is 223 g/mol. The van der Waals surface area contributed by atoms with Gasteiger partial charge in [-0.15, -0.1) is 11.8 Å². The molecule has 4 heteroatoms. The molecule has 0 saturated carbocycles. The van der Waals surface area contributed by atoms with E-state index in [9.17, 15) is 4.39 Å². The lowest BCUT2D eigenvalue weighted by Crippen LogP contribution is -1.89. The molecule has 1 aromatic heterocycles. The molecule has 0 aliphatic heterocycles. The van der Waals surface area contributed by atoms with Crippen LogP contribution in [0.15, 0.2) is 45.9 Å². The Kier molecular flexibility index (Phi) is 2.97. The Hall–Kier alpha value is -1.42. The normalized spacial score (nSPS) is 10.5. The zero-order valence-electron chi connectivity index (χ0n) is 7.94. The summed E-state index contributed by atoms with van der Waals surface area (Å²) in [7, 11) is 0. The van der Waals surface area contributed by atoms with Gasteiger partial charge >= 0.3 is 0 Å². The van der Waals surface area contributed by atoms with Crippen LogP contribution >= 0.6 is 11.8 Å². The summed E-state index contributed by atoms with van der Waals surface area (Å²) in [5, 5.41) is 0. The molecule has 0 amide bonds. The highest BCUT2D eigenvalue weighted by Gasteiger charge is 2.03. The number of rotatable bonds is 3. The lowest BCUT2D eigenvalue weighted by Gasteiger charge is -2.03. The first kappa shape index (κ1) is 10.1. The zero-order valence-corrected chi connectivity index (χ0v) is 8.76. The highest BCUT2D eigenvalue weighted by molar-refractivity contribution is 7.98. The largest absolute Gasteiger partial charge is 0.468 e. The molecule has 1 aromatic carbocycles. The summed E-state index contributed by atoms with van der Waals surface area (Å²) in [5.74, 6) is 1.23. The smallest absolute Gasteiger partial charge is 0.124 e. The quantitative estimate of drug-likeness (QED) is 0.641. The van der Waals surface area contributed by atoms with Crippen molar-refractivity contribution in [3.05, 3.63) is 48.2 Å². The standard InChI is InChI=1S/C11H10FNOS/c12-8-3-4-10(13)11(6-8)15-7-9-2-1-5-14-9/h1-6H,7,13H2. The van der Waals surface area contributed by atoms with E-state index in [1.807, 2.05) is 12.1 Å². The minimum Gasteiger partial charge on any atom is -0.468 e. The molecule has 0 unspecified atom stereocenters. The second-order valence-electron chi connectivity index (χ2n) is 3.05. The molecule has 0 bridgehead atoms. The van der Waals surface area contributed by atoms with E-state index in [4.69, 9.17) is 10.2 Å². The van der Waals surface area contributed by atoms with Gasteiger partial charge < -0.3 is 10.2 Å². The lowest BCUT2D eigenvalue weighted by molar-refractivity contribution is 0.530. The second kappa shape index (κ2) is 4.40. The van der Waals surface area contributed by atoms with Gasteiger partial charge in [-0.25, -0.2) is 4.39 Å². The van der Waals surface area contributed by atoms with E-state index in [2.05, 4.69) is 0 Å². The maximum Gasteiger partial charge on any atom is 0.124 e. The molecule has 0 spiro atoms. The van der Waals surface area contributed by atoms with E-state index < -0.39 is 0 Å². The monoisotopic (exact) mass is 223 g/mol. The fraction of sp³-hybridized carbons (Fsp3) is 0.0909. The first-order valence-corrected chi connectivity index (χ1v) is 5.44. The van der Waals surface area contributed by atoms with Crippen molar-refractivity contribution in [2.75, 3.05) is 5.73 Å². The average Bonchev–Trinajstić information content (AvgIpc) is 2.72. The molecular formula is C11H10FNOS. The molecule has 0 radical (unpaired) electrons. The molecule has 15 heavy (non-hydrogen) atoms. The van der Waals surface area contributed by atoms with E-state index in [1.54, 1.807) is 12.3 Å². The Morgan fingerprint density at radius 3 is 2.93 bits per heavy atom. The molecular weight excluding hydrogens is 213 g/mol. The number of nitrogen functional groups attached to an aromatic ring is 1. The highest BCUT2D eigenvalue weighted by Crippen LogP contribution is 2.28. The minimum absolute atomic E-state index is 0.272. The molecule has 2 nitrogen and oxygen atoms in total. The lowest BCUT2D eigenvalue weighted by atomic mass is 10.3. The molecule has 0 aliphatic rings. The number of halogens is 1. The van der Waals surface area contributed by atoms with Crippen LogP contribution in [0.3, 0.4) is 0 Å². The number of nitrogens with two attached hydrogens (primary N) is 1. The Morgan fingerprint density at radius 1 is 1.33 bits per heavy atom.